The van der Waals surface area contributed by atoms with E-state index < -0.39 is 0 Å². The van der Waals surface area contributed by atoms with Gasteiger partial charge in [0.05, 0.1) is 6.10 Å². The molecule has 0 spiro atoms. The molecule has 0 saturated carbocycles. The zero-order chi connectivity index (χ0) is 9.68. The average Bonchev–Trinajstić information content (AvgIpc) is 2.03. The Kier molecular flexibility index (Phi) is 3.97. The number of aryl methyl sites for hydroxylation is 2. The molecule has 0 aliphatic heterocycles. The lowest BCUT2D eigenvalue weighted by atomic mass is 10.0. The lowest BCUT2D eigenvalue weighted by Crippen LogP contribution is -1.99. The normalized spacial score (nSPS) is 12.8. The van der Waals surface area contributed by atoms with Crippen molar-refractivity contribution in [2.45, 2.75) is 39.2 Å². The van der Waals surface area contributed by atoms with Crippen LogP contribution in [0.15, 0.2) is 24.3 Å². The standard InChI is InChI=1S/C12H18O/c1-10-5-3-7-12(9-10)8-4-6-11(2)13/h3,5,7,9,11,13H,4,6,8H2,1-2H3. The van der Waals surface area contributed by atoms with Crippen molar-refractivity contribution in [3.63, 3.8) is 0 Å². The van der Waals surface area contributed by atoms with E-state index in [0.717, 1.165) is 19.3 Å². The summed E-state index contributed by atoms with van der Waals surface area (Å²) in [5.74, 6) is 0. The maximum absolute atomic E-state index is 9.08. The second kappa shape index (κ2) is 5.03. The van der Waals surface area contributed by atoms with Gasteiger partial charge < -0.3 is 5.11 Å². The summed E-state index contributed by atoms with van der Waals surface area (Å²) in [6, 6.07) is 8.56. The maximum Gasteiger partial charge on any atom is 0.0512 e. The number of aliphatic hydroxyl groups is 1. The van der Waals surface area contributed by atoms with Gasteiger partial charge in [0.1, 0.15) is 0 Å². The molecule has 1 N–H and O–H groups in total. The molecular weight excluding hydrogens is 160 g/mol. The Balaban J connectivity index is 2.37. The monoisotopic (exact) mass is 178 g/mol. The summed E-state index contributed by atoms with van der Waals surface area (Å²) in [6.07, 6.45) is 2.88. The van der Waals surface area contributed by atoms with Gasteiger partial charge in [-0.2, -0.15) is 0 Å². The first-order valence-corrected chi connectivity index (χ1v) is 4.92. The highest BCUT2D eigenvalue weighted by Gasteiger charge is 1.97. The molecule has 0 radical (unpaired) electrons. The highest BCUT2D eigenvalue weighted by atomic mass is 16.3. The highest BCUT2D eigenvalue weighted by molar-refractivity contribution is 5.22. The molecule has 0 aromatic heterocycles. The van der Waals surface area contributed by atoms with Crippen LogP contribution in [0.3, 0.4) is 0 Å². The average molecular weight is 178 g/mol. The van der Waals surface area contributed by atoms with E-state index in [-0.39, 0.29) is 6.10 Å². The summed E-state index contributed by atoms with van der Waals surface area (Å²) in [7, 11) is 0. The molecule has 1 unspecified atom stereocenters. The van der Waals surface area contributed by atoms with Crippen LogP contribution in [0.1, 0.15) is 30.9 Å². The quantitative estimate of drug-likeness (QED) is 0.751. The van der Waals surface area contributed by atoms with Gasteiger partial charge in [0.2, 0.25) is 0 Å². The van der Waals surface area contributed by atoms with E-state index in [4.69, 9.17) is 5.11 Å². The van der Waals surface area contributed by atoms with E-state index in [1.807, 2.05) is 6.92 Å². The van der Waals surface area contributed by atoms with Gasteiger partial charge in [-0.1, -0.05) is 29.8 Å². The molecular formula is C12H18O. The van der Waals surface area contributed by atoms with Gasteiger partial charge in [-0.25, -0.2) is 0 Å². The van der Waals surface area contributed by atoms with Gasteiger partial charge in [-0.05, 0) is 38.7 Å². The Bertz CT molecular complexity index is 253. The van der Waals surface area contributed by atoms with E-state index >= 15 is 0 Å². The topological polar surface area (TPSA) is 20.2 Å². The van der Waals surface area contributed by atoms with Crippen LogP contribution in [-0.2, 0) is 6.42 Å². The Morgan fingerprint density at radius 3 is 2.77 bits per heavy atom. The minimum absolute atomic E-state index is 0.162. The van der Waals surface area contributed by atoms with Crippen molar-refractivity contribution in [3.05, 3.63) is 35.4 Å². The zero-order valence-corrected chi connectivity index (χ0v) is 8.46. The Morgan fingerprint density at radius 2 is 2.15 bits per heavy atom. The summed E-state index contributed by atoms with van der Waals surface area (Å²) in [6.45, 7) is 3.95. The molecule has 1 nitrogen and oxygen atoms in total. The molecule has 1 aromatic rings. The van der Waals surface area contributed by atoms with Gasteiger partial charge in [-0.15, -0.1) is 0 Å². The zero-order valence-electron chi connectivity index (χ0n) is 8.46. The van der Waals surface area contributed by atoms with E-state index in [0.29, 0.717) is 0 Å². The van der Waals surface area contributed by atoms with E-state index in [1.54, 1.807) is 0 Å². The first kappa shape index (κ1) is 10.3. The smallest absolute Gasteiger partial charge is 0.0512 e. The molecule has 0 aliphatic carbocycles. The summed E-state index contributed by atoms with van der Waals surface area (Å²) in [5, 5.41) is 9.08. The van der Waals surface area contributed by atoms with Crippen molar-refractivity contribution in [1.82, 2.24) is 0 Å². The van der Waals surface area contributed by atoms with E-state index in [2.05, 4.69) is 31.2 Å². The van der Waals surface area contributed by atoms with Crippen molar-refractivity contribution in [3.8, 4) is 0 Å². The third-order valence-corrected chi connectivity index (χ3v) is 2.17. The van der Waals surface area contributed by atoms with Crippen LogP contribution < -0.4 is 0 Å². The fourth-order valence-corrected chi connectivity index (χ4v) is 1.47. The van der Waals surface area contributed by atoms with Crippen molar-refractivity contribution >= 4 is 0 Å². The van der Waals surface area contributed by atoms with Crippen LogP contribution in [0.5, 0.6) is 0 Å². The molecule has 13 heavy (non-hydrogen) atoms. The number of rotatable bonds is 4. The molecule has 1 atom stereocenters. The summed E-state index contributed by atoms with van der Waals surface area (Å²) >= 11 is 0. The fourth-order valence-electron chi connectivity index (χ4n) is 1.47. The second-order valence-corrected chi connectivity index (χ2v) is 3.73. The molecule has 0 saturated heterocycles. The van der Waals surface area contributed by atoms with E-state index in [9.17, 15) is 0 Å². The van der Waals surface area contributed by atoms with Crippen LogP contribution >= 0.6 is 0 Å². The van der Waals surface area contributed by atoms with Gasteiger partial charge >= 0.3 is 0 Å². The second-order valence-electron chi connectivity index (χ2n) is 3.73. The molecule has 1 heteroatoms. The maximum atomic E-state index is 9.08. The molecule has 0 fully saturated rings. The summed E-state index contributed by atoms with van der Waals surface area (Å²) in [4.78, 5) is 0. The van der Waals surface area contributed by atoms with Crippen LogP contribution in [0.25, 0.3) is 0 Å². The van der Waals surface area contributed by atoms with Crippen molar-refractivity contribution in [1.29, 1.82) is 0 Å². The van der Waals surface area contributed by atoms with Gasteiger partial charge in [-0.3, -0.25) is 0 Å². The molecule has 0 heterocycles. The minimum Gasteiger partial charge on any atom is -0.393 e. The first-order chi connectivity index (χ1) is 6.18. The third kappa shape index (κ3) is 4.09. The SMILES string of the molecule is Cc1cccc(CCCC(C)O)c1. The van der Waals surface area contributed by atoms with E-state index in [1.165, 1.54) is 11.1 Å². The Morgan fingerprint density at radius 1 is 1.38 bits per heavy atom. The van der Waals surface area contributed by atoms with Crippen molar-refractivity contribution < 1.29 is 5.11 Å². The lowest BCUT2D eigenvalue weighted by Gasteiger charge is -2.04. The fraction of sp³-hybridized carbons (Fsp3) is 0.500. The predicted octanol–water partition coefficient (Wildman–Crippen LogP) is 2.70. The van der Waals surface area contributed by atoms with Crippen LogP contribution in [0.2, 0.25) is 0 Å². The lowest BCUT2D eigenvalue weighted by molar-refractivity contribution is 0.182. The number of aliphatic hydroxyl groups excluding tert-OH is 1. The largest absolute Gasteiger partial charge is 0.393 e. The first-order valence-electron chi connectivity index (χ1n) is 4.92. The number of benzene rings is 1. The van der Waals surface area contributed by atoms with Crippen LogP contribution in [0.4, 0.5) is 0 Å². The highest BCUT2D eigenvalue weighted by Crippen LogP contribution is 2.08. The van der Waals surface area contributed by atoms with Gasteiger partial charge in [0, 0.05) is 0 Å². The van der Waals surface area contributed by atoms with Gasteiger partial charge in [0.25, 0.3) is 0 Å². The summed E-state index contributed by atoms with van der Waals surface area (Å²) < 4.78 is 0. The van der Waals surface area contributed by atoms with Crippen LogP contribution in [-0.4, -0.2) is 11.2 Å². The molecule has 0 bridgehead atoms. The third-order valence-electron chi connectivity index (χ3n) is 2.17. The van der Waals surface area contributed by atoms with Gasteiger partial charge in [0.15, 0.2) is 0 Å². The number of hydrogen-bond donors (Lipinski definition) is 1. The molecule has 1 aromatic carbocycles. The van der Waals surface area contributed by atoms with Crippen molar-refractivity contribution in [2.24, 2.45) is 0 Å². The van der Waals surface area contributed by atoms with Crippen LogP contribution in [0, 0.1) is 6.92 Å². The van der Waals surface area contributed by atoms with Crippen molar-refractivity contribution in [2.75, 3.05) is 0 Å². The molecule has 1 rings (SSSR count). The summed E-state index contributed by atoms with van der Waals surface area (Å²) in [5.41, 5.74) is 2.69. The Hall–Kier alpha value is -0.820. The molecule has 0 aliphatic rings. The molecule has 72 valence electrons. The molecule has 0 amide bonds. The Labute approximate surface area is 80.4 Å². The minimum atomic E-state index is -0.162. The predicted molar refractivity (Wildman–Crippen MR) is 55.8 cm³/mol. The number of hydrogen-bond acceptors (Lipinski definition) is 1.